The standard InChI is InChI=1S/C19H36N4O2/c1-3-22(4-2)18(24)16-20-12-14-21(15-13-20)17-19(25)23-10-8-6-5-7-9-11-23/h3-17H2,1-2H3. The van der Waals surface area contributed by atoms with Crippen LogP contribution in [0, 0.1) is 0 Å². The second-order valence-corrected chi connectivity index (χ2v) is 7.27. The van der Waals surface area contributed by atoms with Crippen molar-refractivity contribution in [3.8, 4) is 0 Å². The first kappa shape index (κ1) is 20.2. The van der Waals surface area contributed by atoms with Crippen molar-refractivity contribution < 1.29 is 9.59 Å². The molecule has 0 atom stereocenters. The molecule has 0 radical (unpaired) electrons. The van der Waals surface area contributed by atoms with Crippen LogP contribution < -0.4 is 0 Å². The number of carbonyl (C=O) groups is 2. The van der Waals surface area contributed by atoms with Gasteiger partial charge in [0.1, 0.15) is 0 Å². The fraction of sp³-hybridized carbons (Fsp3) is 0.895. The molecule has 0 aromatic carbocycles. The molecule has 0 aliphatic carbocycles. The van der Waals surface area contributed by atoms with Gasteiger partial charge in [0.15, 0.2) is 0 Å². The first-order valence-electron chi connectivity index (χ1n) is 10.1. The minimum Gasteiger partial charge on any atom is -0.342 e. The predicted molar refractivity (Wildman–Crippen MR) is 100 cm³/mol. The number of likely N-dealkylation sites (tertiary alicyclic amines) is 1. The quantitative estimate of drug-likeness (QED) is 0.722. The maximum Gasteiger partial charge on any atom is 0.236 e. The molecule has 2 amide bonds. The smallest absolute Gasteiger partial charge is 0.236 e. The van der Waals surface area contributed by atoms with Crippen LogP contribution in [0.15, 0.2) is 0 Å². The van der Waals surface area contributed by atoms with Crippen LogP contribution >= 0.6 is 0 Å². The van der Waals surface area contributed by atoms with E-state index in [2.05, 4.69) is 14.7 Å². The first-order chi connectivity index (χ1) is 12.1. The van der Waals surface area contributed by atoms with Crippen LogP contribution in [0.2, 0.25) is 0 Å². The Kier molecular flexibility index (Phi) is 8.68. The molecule has 0 saturated carbocycles. The molecule has 0 aromatic rings. The van der Waals surface area contributed by atoms with Crippen LogP contribution in [-0.4, -0.2) is 96.9 Å². The van der Waals surface area contributed by atoms with Gasteiger partial charge in [0, 0.05) is 52.4 Å². The van der Waals surface area contributed by atoms with Crippen molar-refractivity contribution in [2.75, 3.05) is 65.4 Å². The highest BCUT2D eigenvalue weighted by molar-refractivity contribution is 5.78. The minimum atomic E-state index is 0.218. The summed E-state index contributed by atoms with van der Waals surface area (Å²) in [5.41, 5.74) is 0. The summed E-state index contributed by atoms with van der Waals surface area (Å²) in [4.78, 5) is 33.2. The largest absolute Gasteiger partial charge is 0.342 e. The number of hydrogen-bond acceptors (Lipinski definition) is 4. The first-order valence-corrected chi connectivity index (χ1v) is 10.1. The maximum absolute atomic E-state index is 12.6. The average molecular weight is 353 g/mol. The van der Waals surface area contributed by atoms with Gasteiger partial charge in [0.2, 0.25) is 11.8 Å². The number of hydrogen-bond donors (Lipinski definition) is 0. The predicted octanol–water partition coefficient (Wildman–Crippen LogP) is 1.27. The van der Waals surface area contributed by atoms with Gasteiger partial charge in [0.25, 0.3) is 0 Å². The summed E-state index contributed by atoms with van der Waals surface area (Å²) < 4.78 is 0. The van der Waals surface area contributed by atoms with Gasteiger partial charge in [0.05, 0.1) is 13.1 Å². The zero-order valence-electron chi connectivity index (χ0n) is 16.2. The fourth-order valence-corrected chi connectivity index (χ4v) is 3.76. The lowest BCUT2D eigenvalue weighted by molar-refractivity contribution is -0.135. The van der Waals surface area contributed by atoms with E-state index in [0.29, 0.717) is 13.1 Å². The molecule has 6 nitrogen and oxygen atoms in total. The summed E-state index contributed by atoms with van der Waals surface area (Å²) in [6, 6.07) is 0. The Morgan fingerprint density at radius 2 is 1.20 bits per heavy atom. The van der Waals surface area contributed by atoms with Gasteiger partial charge in [-0.15, -0.1) is 0 Å². The van der Waals surface area contributed by atoms with Crippen LogP contribution in [0.4, 0.5) is 0 Å². The molecule has 2 saturated heterocycles. The summed E-state index contributed by atoms with van der Waals surface area (Å²) in [5.74, 6) is 0.504. The van der Waals surface area contributed by atoms with Crippen molar-refractivity contribution in [3.05, 3.63) is 0 Å². The molecule has 6 heteroatoms. The monoisotopic (exact) mass is 352 g/mol. The van der Waals surface area contributed by atoms with Crippen LogP contribution in [0.1, 0.15) is 46.0 Å². The number of rotatable bonds is 6. The summed E-state index contributed by atoms with van der Waals surface area (Å²) in [6.07, 6.45) is 6.11. The van der Waals surface area contributed by atoms with Crippen molar-refractivity contribution in [2.24, 2.45) is 0 Å². The summed E-state index contributed by atoms with van der Waals surface area (Å²) in [7, 11) is 0. The molecular weight excluding hydrogens is 316 g/mol. The molecular formula is C19H36N4O2. The van der Waals surface area contributed by atoms with E-state index < -0.39 is 0 Å². The Hall–Kier alpha value is -1.14. The molecule has 0 N–H and O–H groups in total. The van der Waals surface area contributed by atoms with E-state index in [1.54, 1.807) is 0 Å². The van der Waals surface area contributed by atoms with E-state index in [9.17, 15) is 9.59 Å². The number of likely N-dealkylation sites (N-methyl/N-ethyl adjacent to an activating group) is 1. The Morgan fingerprint density at radius 1 is 0.720 bits per heavy atom. The third-order valence-electron chi connectivity index (χ3n) is 5.51. The van der Waals surface area contributed by atoms with Crippen molar-refractivity contribution in [2.45, 2.75) is 46.0 Å². The number of piperazine rings is 1. The number of carbonyl (C=O) groups excluding carboxylic acids is 2. The topological polar surface area (TPSA) is 47.1 Å². The molecule has 0 unspecified atom stereocenters. The lowest BCUT2D eigenvalue weighted by Crippen LogP contribution is -2.52. The number of nitrogens with zero attached hydrogens (tertiary/aromatic N) is 4. The molecule has 2 aliphatic rings. The van der Waals surface area contributed by atoms with Crippen LogP contribution in [0.3, 0.4) is 0 Å². The second-order valence-electron chi connectivity index (χ2n) is 7.27. The van der Waals surface area contributed by atoms with Crippen LogP contribution in [0.5, 0.6) is 0 Å². The van der Waals surface area contributed by atoms with Gasteiger partial charge in [-0.1, -0.05) is 19.3 Å². The highest BCUT2D eigenvalue weighted by Crippen LogP contribution is 2.11. The third-order valence-corrected chi connectivity index (χ3v) is 5.51. The summed E-state index contributed by atoms with van der Waals surface area (Å²) >= 11 is 0. The van der Waals surface area contributed by atoms with Crippen molar-refractivity contribution in [3.63, 3.8) is 0 Å². The summed E-state index contributed by atoms with van der Waals surface area (Å²) in [6.45, 7) is 12.0. The maximum atomic E-state index is 12.6. The van der Waals surface area contributed by atoms with E-state index in [0.717, 1.165) is 65.2 Å². The van der Waals surface area contributed by atoms with Gasteiger partial charge in [-0.25, -0.2) is 0 Å². The molecule has 2 heterocycles. The lowest BCUT2D eigenvalue weighted by Gasteiger charge is -2.36. The Morgan fingerprint density at radius 3 is 1.72 bits per heavy atom. The van der Waals surface area contributed by atoms with Gasteiger partial charge < -0.3 is 9.80 Å². The molecule has 0 aromatic heterocycles. The number of amides is 2. The lowest BCUT2D eigenvalue weighted by atomic mass is 10.1. The van der Waals surface area contributed by atoms with E-state index in [1.807, 2.05) is 18.7 Å². The van der Waals surface area contributed by atoms with Crippen molar-refractivity contribution in [1.82, 2.24) is 19.6 Å². The van der Waals surface area contributed by atoms with Crippen LogP contribution in [-0.2, 0) is 9.59 Å². The van der Waals surface area contributed by atoms with Gasteiger partial charge in [-0.05, 0) is 26.7 Å². The van der Waals surface area contributed by atoms with E-state index in [-0.39, 0.29) is 11.8 Å². The van der Waals surface area contributed by atoms with E-state index >= 15 is 0 Å². The second kappa shape index (κ2) is 10.8. The Labute approximate surface area is 153 Å². The van der Waals surface area contributed by atoms with Gasteiger partial charge in [-0.2, -0.15) is 0 Å². The molecule has 0 bridgehead atoms. The highest BCUT2D eigenvalue weighted by atomic mass is 16.2. The van der Waals surface area contributed by atoms with E-state index in [1.165, 1.54) is 19.3 Å². The van der Waals surface area contributed by atoms with Crippen LogP contribution in [0.25, 0.3) is 0 Å². The van der Waals surface area contributed by atoms with Gasteiger partial charge in [-0.3, -0.25) is 19.4 Å². The highest BCUT2D eigenvalue weighted by Gasteiger charge is 2.23. The molecule has 2 rings (SSSR count). The normalized spacial score (nSPS) is 20.8. The molecule has 2 fully saturated rings. The third kappa shape index (κ3) is 6.59. The van der Waals surface area contributed by atoms with Crippen molar-refractivity contribution >= 4 is 11.8 Å². The molecule has 2 aliphatic heterocycles. The average Bonchev–Trinajstić information content (AvgIpc) is 2.57. The Bertz CT molecular complexity index is 410. The SMILES string of the molecule is CCN(CC)C(=O)CN1CCN(CC(=O)N2CCCCCCC2)CC1. The van der Waals surface area contributed by atoms with Gasteiger partial charge >= 0.3 is 0 Å². The zero-order chi connectivity index (χ0) is 18.1. The molecule has 25 heavy (non-hydrogen) atoms. The van der Waals surface area contributed by atoms with E-state index in [4.69, 9.17) is 0 Å². The fourth-order valence-electron chi connectivity index (χ4n) is 3.76. The minimum absolute atomic E-state index is 0.218. The van der Waals surface area contributed by atoms with Crippen molar-refractivity contribution in [1.29, 1.82) is 0 Å². The zero-order valence-corrected chi connectivity index (χ0v) is 16.2. The molecule has 144 valence electrons. The molecule has 0 spiro atoms. The Balaban J connectivity index is 1.70. The summed E-state index contributed by atoms with van der Waals surface area (Å²) in [5, 5.41) is 0.